The molecule has 3 N–H and O–H groups in total. The topological polar surface area (TPSA) is 74.2 Å². The lowest BCUT2D eigenvalue weighted by Crippen LogP contribution is -2.44. The van der Waals surface area contributed by atoms with Gasteiger partial charge >= 0.3 is 6.03 Å². The summed E-state index contributed by atoms with van der Waals surface area (Å²) in [6, 6.07) is -0.291. The predicted octanol–water partition coefficient (Wildman–Crippen LogP) is 0.959. The Hall–Kier alpha value is -1.14. The van der Waals surface area contributed by atoms with Gasteiger partial charge in [0.15, 0.2) is 0 Å². The van der Waals surface area contributed by atoms with Crippen LogP contribution < -0.4 is 10.6 Å². The summed E-state index contributed by atoms with van der Waals surface area (Å²) in [4.78, 5) is 15.5. The Kier molecular flexibility index (Phi) is 5.21. The van der Waals surface area contributed by atoms with Crippen molar-refractivity contribution < 1.29 is 9.90 Å². The molecule has 0 aliphatic carbocycles. The van der Waals surface area contributed by atoms with Gasteiger partial charge in [-0.05, 0) is 12.8 Å². The average Bonchev–Trinajstić information content (AvgIpc) is 2.78. The highest BCUT2D eigenvalue weighted by Crippen LogP contribution is 2.01. The number of aliphatic hydroxyl groups excluding tert-OH is 1. The molecule has 0 aliphatic rings. The molecule has 6 heteroatoms. The van der Waals surface area contributed by atoms with E-state index in [0.717, 1.165) is 5.69 Å². The first-order valence-corrected chi connectivity index (χ1v) is 6.10. The number of rotatable bonds is 5. The van der Waals surface area contributed by atoms with Crippen molar-refractivity contribution in [3.63, 3.8) is 0 Å². The summed E-state index contributed by atoms with van der Waals surface area (Å²) in [5, 5.41) is 16.3. The number of hydrogen-bond acceptors (Lipinski definition) is 4. The van der Waals surface area contributed by atoms with Gasteiger partial charge < -0.3 is 15.7 Å². The number of hydrogen-bond donors (Lipinski definition) is 3. The lowest BCUT2D eigenvalue weighted by atomic mass is 10.1. The molecule has 16 heavy (non-hydrogen) atoms. The predicted molar refractivity (Wildman–Crippen MR) is 63.2 cm³/mol. The molecular weight excluding hydrogens is 226 g/mol. The minimum Gasteiger partial charge on any atom is -0.396 e. The van der Waals surface area contributed by atoms with Gasteiger partial charge in [0.2, 0.25) is 0 Å². The number of carbonyl (C=O) groups is 1. The van der Waals surface area contributed by atoms with E-state index in [9.17, 15) is 4.79 Å². The van der Waals surface area contributed by atoms with Gasteiger partial charge in [-0.2, -0.15) is 0 Å². The van der Waals surface area contributed by atoms with Crippen LogP contribution in [0.4, 0.5) is 4.79 Å². The minimum absolute atomic E-state index is 0.0463. The molecule has 0 fully saturated rings. The summed E-state index contributed by atoms with van der Waals surface area (Å²) in [5.74, 6) is 0.0463. The van der Waals surface area contributed by atoms with Gasteiger partial charge in [-0.25, -0.2) is 9.78 Å². The van der Waals surface area contributed by atoms with Gasteiger partial charge in [-0.15, -0.1) is 11.3 Å². The largest absolute Gasteiger partial charge is 0.396 e. The third-order valence-electron chi connectivity index (χ3n) is 2.41. The maximum absolute atomic E-state index is 11.4. The van der Waals surface area contributed by atoms with Crippen molar-refractivity contribution in [3.8, 4) is 0 Å². The number of carbonyl (C=O) groups excluding carboxylic acids is 1. The summed E-state index contributed by atoms with van der Waals surface area (Å²) in [6.07, 6.45) is 0. The van der Waals surface area contributed by atoms with Gasteiger partial charge in [0, 0.05) is 18.0 Å². The molecule has 2 atom stereocenters. The van der Waals surface area contributed by atoms with E-state index in [2.05, 4.69) is 15.6 Å². The first-order chi connectivity index (χ1) is 7.63. The van der Waals surface area contributed by atoms with Crippen LogP contribution in [-0.4, -0.2) is 28.8 Å². The van der Waals surface area contributed by atoms with Crippen molar-refractivity contribution >= 4 is 17.4 Å². The number of nitrogens with zero attached hydrogens (tertiary/aromatic N) is 1. The van der Waals surface area contributed by atoms with Crippen LogP contribution in [0.1, 0.15) is 19.5 Å². The van der Waals surface area contributed by atoms with E-state index < -0.39 is 0 Å². The van der Waals surface area contributed by atoms with Crippen LogP contribution in [0.25, 0.3) is 0 Å². The van der Waals surface area contributed by atoms with E-state index in [4.69, 9.17) is 5.11 Å². The Morgan fingerprint density at radius 3 is 2.94 bits per heavy atom. The van der Waals surface area contributed by atoms with E-state index in [1.54, 1.807) is 5.51 Å². The number of aliphatic hydroxyl groups is 1. The van der Waals surface area contributed by atoms with Crippen LogP contribution in [0.15, 0.2) is 10.9 Å². The molecule has 0 saturated carbocycles. The number of aromatic nitrogens is 1. The third kappa shape index (κ3) is 4.16. The molecular formula is C10H17N3O2S. The van der Waals surface area contributed by atoms with Gasteiger partial charge in [-0.1, -0.05) is 6.92 Å². The summed E-state index contributed by atoms with van der Waals surface area (Å²) in [5.41, 5.74) is 2.58. The van der Waals surface area contributed by atoms with Crippen molar-refractivity contribution in [2.45, 2.75) is 26.4 Å². The van der Waals surface area contributed by atoms with Crippen LogP contribution in [0.5, 0.6) is 0 Å². The van der Waals surface area contributed by atoms with Crippen LogP contribution >= 0.6 is 11.3 Å². The molecule has 2 unspecified atom stereocenters. The highest BCUT2D eigenvalue weighted by atomic mass is 32.1. The molecule has 90 valence electrons. The van der Waals surface area contributed by atoms with Crippen LogP contribution in [0.2, 0.25) is 0 Å². The van der Waals surface area contributed by atoms with Crippen molar-refractivity contribution in [1.82, 2.24) is 15.6 Å². The highest BCUT2D eigenvalue weighted by Gasteiger charge is 2.13. The number of nitrogens with one attached hydrogen (secondary N) is 2. The molecule has 2 amide bonds. The fourth-order valence-corrected chi connectivity index (χ4v) is 1.61. The molecule has 1 aromatic heterocycles. The lowest BCUT2D eigenvalue weighted by molar-refractivity contribution is 0.200. The minimum atomic E-state index is -0.235. The Bertz CT molecular complexity index is 316. The fraction of sp³-hybridized carbons (Fsp3) is 0.600. The van der Waals surface area contributed by atoms with Gasteiger partial charge in [0.25, 0.3) is 0 Å². The molecule has 0 spiro atoms. The molecule has 0 aliphatic heterocycles. The first kappa shape index (κ1) is 12.9. The molecule has 0 radical (unpaired) electrons. The molecule has 5 nitrogen and oxygen atoms in total. The van der Waals surface area contributed by atoms with Crippen molar-refractivity contribution in [2.24, 2.45) is 5.92 Å². The van der Waals surface area contributed by atoms with Gasteiger partial charge in [-0.3, -0.25) is 0 Å². The zero-order chi connectivity index (χ0) is 12.0. The smallest absolute Gasteiger partial charge is 0.315 e. The second-order valence-electron chi connectivity index (χ2n) is 3.76. The normalized spacial score (nSPS) is 14.2. The van der Waals surface area contributed by atoms with E-state index in [1.807, 2.05) is 19.2 Å². The highest BCUT2D eigenvalue weighted by molar-refractivity contribution is 7.07. The maximum Gasteiger partial charge on any atom is 0.315 e. The van der Waals surface area contributed by atoms with E-state index in [0.29, 0.717) is 6.54 Å². The number of urea groups is 1. The fourth-order valence-electron chi connectivity index (χ4n) is 1.05. The monoisotopic (exact) mass is 243 g/mol. The van der Waals surface area contributed by atoms with E-state index in [-0.39, 0.29) is 24.6 Å². The van der Waals surface area contributed by atoms with Crippen LogP contribution in [0, 0.1) is 5.92 Å². The Morgan fingerprint density at radius 2 is 2.38 bits per heavy atom. The summed E-state index contributed by atoms with van der Waals surface area (Å²) in [7, 11) is 0. The first-order valence-electron chi connectivity index (χ1n) is 5.15. The number of thiazole rings is 1. The molecule has 0 aromatic carbocycles. The van der Waals surface area contributed by atoms with Crippen LogP contribution in [-0.2, 0) is 6.54 Å². The van der Waals surface area contributed by atoms with Crippen molar-refractivity contribution in [3.05, 3.63) is 16.6 Å². The molecule has 1 heterocycles. The molecule has 0 bridgehead atoms. The third-order valence-corrected chi connectivity index (χ3v) is 3.05. The van der Waals surface area contributed by atoms with Gasteiger partial charge in [0.05, 0.1) is 17.7 Å². The summed E-state index contributed by atoms with van der Waals surface area (Å²) < 4.78 is 0. The van der Waals surface area contributed by atoms with Gasteiger partial charge in [0.1, 0.15) is 0 Å². The SMILES string of the molecule is CC(CO)C(C)NC(=O)NCc1cscn1. The van der Waals surface area contributed by atoms with Crippen molar-refractivity contribution in [2.75, 3.05) is 6.61 Å². The zero-order valence-electron chi connectivity index (χ0n) is 9.43. The Balaban J connectivity index is 2.25. The maximum atomic E-state index is 11.4. The second kappa shape index (κ2) is 6.44. The summed E-state index contributed by atoms with van der Waals surface area (Å²) >= 11 is 1.50. The van der Waals surface area contributed by atoms with Crippen LogP contribution in [0.3, 0.4) is 0 Å². The molecule has 1 rings (SSSR count). The number of amides is 2. The zero-order valence-corrected chi connectivity index (χ0v) is 10.3. The second-order valence-corrected chi connectivity index (χ2v) is 4.47. The standard InChI is InChI=1S/C10H17N3O2S/c1-7(4-14)8(2)13-10(15)11-3-9-5-16-6-12-9/h5-8,14H,3-4H2,1-2H3,(H2,11,13,15). The quantitative estimate of drug-likeness (QED) is 0.721. The molecule has 0 saturated heterocycles. The van der Waals surface area contributed by atoms with Crippen molar-refractivity contribution in [1.29, 1.82) is 0 Å². The van der Waals surface area contributed by atoms with E-state index >= 15 is 0 Å². The van der Waals surface area contributed by atoms with E-state index in [1.165, 1.54) is 11.3 Å². The summed E-state index contributed by atoms with van der Waals surface area (Å²) in [6.45, 7) is 4.23. The molecule has 1 aromatic rings. The lowest BCUT2D eigenvalue weighted by Gasteiger charge is -2.19. The Labute approximate surface area is 98.9 Å². The Morgan fingerprint density at radius 1 is 1.62 bits per heavy atom. The average molecular weight is 243 g/mol.